The third kappa shape index (κ3) is 3.23. The molecule has 1 fully saturated rings. The van der Waals surface area contributed by atoms with E-state index >= 15 is 0 Å². The molecule has 3 rings (SSSR count). The molecule has 1 atom stereocenters. The van der Waals surface area contributed by atoms with Crippen LogP contribution in [0.3, 0.4) is 0 Å². The van der Waals surface area contributed by atoms with Gasteiger partial charge in [0.1, 0.15) is 5.01 Å². The fourth-order valence-corrected chi connectivity index (χ4v) is 3.84. The molecule has 1 amide bonds. The molecule has 1 unspecified atom stereocenters. The molecule has 1 aliphatic rings. The zero-order valence-corrected chi connectivity index (χ0v) is 12.6. The SMILES string of the molecule is O=C(CCN1CCCC1c1nccs1)Nc1nccs1. The van der Waals surface area contributed by atoms with Gasteiger partial charge in [-0.05, 0) is 19.4 Å². The Bertz CT molecular complexity index is 541. The van der Waals surface area contributed by atoms with Gasteiger partial charge in [-0.1, -0.05) is 0 Å². The molecule has 2 aromatic heterocycles. The number of anilines is 1. The molecule has 1 aliphatic heterocycles. The Kier molecular flexibility index (Phi) is 4.39. The zero-order chi connectivity index (χ0) is 13.8. The smallest absolute Gasteiger partial charge is 0.227 e. The minimum atomic E-state index is 0.0322. The maximum absolute atomic E-state index is 11.9. The quantitative estimate of drug-likeness (QED) is 0.923. The van der Waals surface area contributed by atoms with Crippen LogP contribution in [0.5, 0.6) is 0 Å². The molecule has 3 heterocycles. The van der Waals surface area contributed by atoms with Gasteiger partial charge in [0.25, 0.3) is 0 Å². The van der Waals surface area contributed by atoms with Crippen molar-refractivity contribution in [1.82, 2.24) is 14.9 Å². The molecule has 1 saturated heterocycles. The van der Waals surface area contributed by atoms with Crippen LogP contribution in [0.1, 0.15) is 30.3 Å². The predicted molar refractivity (Wildman–Crippen MR) is 81.0 cm³/mol. The standard InChI is InChI=1S/C13H16N4OS2/c18-11(16-13-15-5-9-20-13)3-7-17-6-1-2-10(17)12-14-4-8-19-12/h4-5,8-10H,1-3,6-7H2,(H,15,16,18). The summed E-state index contributed by atoms with van der Waals surface area (Å²) in [4.78, 5) is 22.7. The van der Waals surface area contributed by atoms with Crippen molar-refractivity contribution in [2.24, 2.45) is 0 Å². The van der Waals surface area contributed by atoms with E-state index in [1.54, 1.807) is 17.5 Å². The lowest BCUT2D eigenvalue weighted by Gasteiger charge is -2.22. The van der Waals surface area contributed by atoms with Crippen molar-refractivity contribution in [1.29, 1.82) is 0 Å². The lowest BCUT2D eigenvalue weighted by atomic mass is 10.2. The highest BCUT2D eigenvalue weighted by Crippen LogP contribution is 2.32. The minimum absolute atomic E-state index is 0.0322. The van der Waals surface area contributed by atoms with Gasteiger partial charge >= 0.3 is 0 Å². The Labute approximate surface area is 125 Å². The van der Waals surface area contributed by atoms with Crippen LogP contribution in [-0.4, -0.2) is 33.9 Å². The first-order valence-corrected chi connectivity index (χ1v) is 8.41. The highest BCUT2D eigenvalue weighted by molar-refractivity contribution is 7.13. The van der Waals surface area contributed by atoms with Crippen LogP contribution in [0.15, 0.2) is 23.2 Å². The van der Waals surface area contributed by atoms with Gasteiger partial charge in [0.05, 0.1) is 6.04 Å². The first-order chi connectivity index (χ1) is 9.83. The van der Waals surface area contributed by atoms with Crippen LogP contribution in [-0.2, 0) is 4.79 Å². The van der Waals surface area contributed by atoms with Crippen molar-refractivity contribution in [2.45, 2.75) is 25.3 Å². The predicted octanol–water partition coefficient (Wildman–Crippen LogP) is 2.77. The van der Waals surface area contributed by atoms with Crippen molar-refractivity contribution in [3.8, 4) is 0 Å². The minimum Gasteiger partial charge on any atom is -0.302 e. The van der Waals surface area contributed by atoms with Gasteiger partial charge in [0.2, 0.25) is 5.91 Å². The number of likely N-dealkylation sites (tertiary alicyclic amines) is 1. The summed E-state index contributed by atoms with van der Waals surface area (Å²) in [7, 11) is 0. The Hall–Kier alpha value is -1.31. The lowest BCUT2D eigenvalue weighted by Crippen LogP contribution is -2.27. The molecule has 1 N–H and O–H groups in total. The molecule has 7 heteroatoms. The monoisotopic (exact) mass is 308 g/mol. The van der Waals surface area contributed by atoms with Gasteiger partial charge in [-0.3, -0.25) is 9.69 Å². The highest BCUT2D eigenvalue weighted by atomic mass is 32.1. The second-order valence-corrected chi connectivity index (χ2v) is 6.52. The number of carbonyl (C=O) groups is 1. The molecule has 0 spiro atoms. The van der Waals surface area contributed by atoms with E-state index in [1.807, 2.05) is 17.0 Å². The van der Waals surface area contributed by atoms with Gasteiger partial charge < -0.3 is 5.32 Å². The third-order valence-electron chi connectivity index (χ3n) is 3.40. The number of thiazole rings is 2. The van der Waals surface area contributed by atoms with Crippen LogP contribution in [0.4, 0.5) is 5.13 Å². The van der Waals surface area contributed by atoms with E-state index in [2.05, 4.69) is 20.2 Å². The van der Waals surface area contributed by atoms with Crippen LogP contribution in [0.25, 0.3) is 0 Å². The first-order valence-electron chi connectivity index (χ1n) is 6.66. The number of aromatic nitrogens is 2. The second kappa shape index (κ2) is 6.43. The van der Waals surface area contributed by atoms with E-state index in [4.69, 9.17) is 0 Å². The van der Waals surface area contributed by atoms with Gasteiger partial charge in [-0.25, -0.2) is 9.97 Å². The highest BCUT2D eigenvalue weighted by Gasteiger charge is 2.27. The number of carbonyl (C=O) groups excluding carboxylic acids is 1. The molecule has 106 valence electrons. The summed E-state index contributed by atoms with van der Waals surface area (Å²) in [6.45, 7) is 1.83. The average Bonchev–Trinajstić information content (AvgIpc) is 3.18. The first kappa shape index (κ1) is 13.7. The number of nitrogens with zero attached hydrogens (tertiary/aromatic N) is 3. The van der Waals surface area contributed by atoms with Crippen molar-refractivity contribution in [3.05, 3.63) is 28.2 Å². The van der Waals surface area contributed by atoms with Crippen molar-refractivity contribution in [2.75, 3.05) is 18.4 Å². The maximum atomic E-state index is 11.9. The largest absolute Gasteiger partial charge is 0.302 e. The van der Waals surface area contributed by atoms with Gasteiger partial charge in [-0.15, -0.1) is 22.7 Å². The van der Waals surface area contributed by atoms with E-state index in [-0.39, 0.29) is 5.91 Å². The van der Waals surface area contributed by atoms with Crippen LogP contribution < -0.4 is 5.32 Å². The molecule has 2 aromatic rings. The van der Waals surface area contributed by atoms with E-state index in [0.29, 0.717) is 17.6 Å². The van der Waals surface area contributed by atoms with E-state index in [1.165, 1.54) is 22.8 Å². The number of rotatable bonds is 5. The lowest BCUT2D eigenvalue weighted by molar-refractivity contribution is -0.116. The average molecular weight is 308 g/mol. The summed E-state index contributed by atoms with van der Waals surface area (Å²) < 4.78 is 0. The van der Waals surface area contributed by atoms with Gasteiger partial charge in [0, 0.05) is 36.1 Å². The summed E-state index contributed by atoms with van der Waals surface area (Å²) in [5.74, 6) is 0.0322. The Morgan fingerprint density at radius 3 is 2.95 bits per heavy atom. The molecule has 0 radical (unpaired) electrons. The Morgan fingerprint density at radius 2 is 2.20 bits per heavy atom. The van der Waals surface area contributed by atoms with Crippen molar-refractivity contribution < 1.29 is 4.79 Å². The molecular formula is C13H16N4OS2. The van der Waals surface area contributed by atoms with Crippen LogP contribution in [0.2, 0.25) is 0 Å². The number of amides is 1. The molecule has 0 aliphatic carbocycles. The zero-order valence-electron chi connectivity index (χ0n) is 11.0. The Balaban J connectivity index is 1.51. The number of nitrogens with one attached hydrogen (secondary N) is 1. The van der Waals surface area contributed by atoms with E-state index < -0.39 is 0 Å². The molecular weight excluding hydrogens is 292 g/mol. The molecule has 20 heavy (non-hydrogen) atoms. The number of hydrogen-bond donors (Lipinski definition) is 1. The van der Waals surface area contributed by atoms with E-state index in [9.17, 15) is 4.79 Å². The second-order valence-electron chi connectivity index (χ2n) is 4.70. The molecule has 5 nitrogen and oxygen atoms in total. The van der Waals surface area contributed by atoms with Crippen molar-refractivity contribution >= 4 is 33.7 Å². The molecule has 0 aromatic carbocycles. The number of hydrogen-bond acceptors (Lipinski definition) is 6. The summed E-state index contributed by atoms with van der Waals surface area (Å²) in [5, 5.41) is 8.54. The Morgan fingerprint density at radius 1 is 1.35 bits per heavy atom. The fraction of sp³-hybridized carbons (Fsp3) is 0.462. The van der Waals surface area contributed by atoms with Crippen LogP contribution in [0, 0.1) is 0 Å². The van der Waals surface area contributed by atoms with Crippen molar-refractivity contribution in [3.63, 3.8) is 0 Å². The summed E-state index contributed by atoms with van der Waals surface area (Å²) in [6, 6.07) is 0.391. The summed E-state index contributed by atoms with van der Waals surface area (Å²) >= 11 is 3.14. The molecule has 0 saturated carbocycles. The normalized spacial score (nSPS) is 19.3. The molecule has 0 bridgehead atoms. The van der Waals surface area contributed by atoms with E-state index in [0.717, 1.165) is 19.5 Å². The maximum Gasteiger partial charge on any atom is 0.227 e. The topological polar surface area (TPSA) is 58.1 Å². The fourth-order valence-electron chi connectivity index (χ4n) is 2.48. The third-order valence-corrected chi connectivity index (χ3v) is 4.97. The van der Waals surface area contributed by atoms with Gasteiger partial charge in [0.15, 0.2) is 5.13 Å². The summed E-state index contributed by atoms with van der Waals surface area (Å²) in [6.07, 6.45) is 6.37. The van der Waals surface area contributed by atoms with Gasteiger partial charge in [-0.2, -0.15) is 0 Å². The summed E-state index contributed by atoms with van der Waals surface area (Å²) in [5.41, 5.74) is 0. The van der Waals surface area contributed by atoms with Crippen LogP contribution >= 0.6 is 22.7 Å².